The van der Waals surface area contributed by atoms with Crippen LogP contribution in [0.1, 0.15) is 51.4 Å². The van der Waals surface area contributed by atoms with Crippen molar-refractivity contribution in [3.8, 4) is 22.8 Å². The summed E-state index contributed by atoms with van der Waals surface area (Å²) in [5, 5.41) is 9.14. The molecule has 4 aromatic heterocycles. The summed E-state index contributed by atoms with van der Waals surface area (Å²) in [6.45, 7) is 5.08. The molecule has 12 heterocycles. The van der Waals surface area contributed by atoms with Gasteiger partial charge in [-0.3, -0.25) is 9.97 Å². The van der Waals surface area contributed by atoms with Crippen LogP contribution < -0.4 is 40.3 Å². The third kappa shape index (κ3) is 8.98. The van der Waals surface area contributed by atoms with Gasteiger partial charge in [-0.2, -0.15) is 10.0 Å². The van der Waals surface area contributed by atoms with E-state index < -0.39 is 12.1 Å². The van der Waals surface area contributed by atoms with Gasteiger partial charge in [-0.15, -0.1) is 0 Å². The Bertz CT molecular complexity index is 2990. The number of carbonyl (C=O) groups is 2. The molecule has 0 saturated carbocycles. The fourth-order valence-corrected chi connectivity index (χ4v) is 13.3. The number of halogens is 1. The Hall–Kier alpha value is -7.23. The standard InChI is InChI=1S/C56H59ClN14O6/c57-50-53(68-44-17-18-45(68)31-76-30-44)64-52(65-54(50)69-46-19-20-47(69)33-77-32-46)35-7-11-39(12-8-35)71(56(73)61-37-4-2-22-59-25-37)70(55(72)60-36-3-1-21-58-24-36)38-9-5-34(6-10-38)51-62-48(66-40-13-14-41(66)27-74-26-40)23-49(63-51)67-42-15-16-43(67)29-75-28-42/h1-12,21-25,40-47H,13-20,26-33H2,(H,60,72)(H,61,73). The largest absolute Gasteiger partial charge is 0.377 e. The molecule has 8 unspecified atom stereocenters. The minimum Gasteiger partial charge on any atom is -0.377 e. The van der Waals surface area contributed by atoms with Crippen LogP contribution in [-0.2, 0) is 18.9 Å². The van der Waals surface area contributed by atoms with Crippen LogP contribution in [0.25, 0.3) is 22.8 Å². The Labute approximate surface area is 450 Å². The number of morpholine rings is 4. The number of anilines is 8. The lowest BCUT2D eigenvalue weighted by molar-refractivity contribution is 0.0894. The Kier molecular flexibility index (Phi) is 12.7. The predicted octanol–water partition coefficient (Wildman–Crippen LogP) is 8.21. The number of nitrogens with one attached hydrogen (secondary N) is 2. The summed E-state index contributed by atoms with van der Waals surface area (Å²) >= 11 is 7.44. The van der Waals surface area contributed by atoms with Gasteiger partial charge in [-0.1, -0.05) is 11.6 Å². The molecule has 8 saturated heterocycles. The number of hydrazine groups is 1. The number of hydrogen-bond acceptors (Lipinski definition) is 16. The average molecular weight is 1060 g/mol. The molecule has 8 aliphatic rings. The van der Waals surface area contributed by atoms with Crippen LogP contribution >= 0.6 is 11.6 Å². The molecule has 396 valence electrons. The highest BCUT2D eigenvalue weighted by molar-refractivity contribution is 6.35. The topological polar surface area (TPSA) is 192 Å². The van der Waals surface area contributed by atoms with Gasteiger partial charge in [0.05, 0.1) is 136 Å². The van der Waals surface area contributed by atoms with Gasteiger partial charge >= 0.3 is 12.1 Å². The second kappa shape index (κ2) is 20.3. The van der Waals surface area contributed by atoms with Gasteiger partial charge in [0, 0.05) is 29.6 Å². The van der Waals surface area contributed by atoms with Gasteiger partial charge in [0.2, 0.25) is 0 Å². The minimum absolute atomic E-state index is 0.154. The number of rotatable bonds is 10. The zero-order valence-corrected chi connectivity index (χ0v) is 43.2. The van der Waals surface area contributed by atoms with Crippen molar-refractivity contribution in [2.75, 3.05) is 93.1 Å². The molecule has 0 aliphatic carbocycles. The summed E-state index contributed by atoms with van der Waals surface area (Å²) in [6, 6.07) is 24.2. The third-order valence-electron chi connectivity index (χ3n) is 16.6. The van der Waals surface area contributed by atoms with Gasteiger partial charge in [0.15, 0.2) is 23.3 Å². The van der Waals surface area contributed by atoms with Crippen molar-refractivity contribution < 1.29 is 28.5 Å². The van der Waals surface area contributed by atoms with E-state index in [0.29, 0.717) is 109 Å². The lowest BCUT2D eigenvalue weighted by atomic mass is 10.1. The maximum absolute atomic E-state index is 15.1. The lowest BCUT2D eigenvalue weighted by Crippen LogP contribution is -2.54. The van der Waals surface area contributed by atoms with Gasteiger partial charge in [-0.25, -0.2) is 29.5 Å². The predicted molar refractivity (Wildman–Crippen MR) is 292 cm³/mol. The molecule has 21 heteroatoms. The van der Waals surface area contributed by atoms with Crippen LogP contribution in [0, 0.1) is 0 Å². The number of aromatic nitrogens is 6. The molecule has 6 aromatic rings. The first-order valence-electron chi connectivity index (χ1n) is 27.0. The Morgan fingerprint density at radius 3 is 1.14 bits per heavy atom. The van der Waals surface area contributed by atoms with Crippen LogP contribution in [0.4, 0.5) is 55.6 Å². The fourth-order valence-electron chi connectivity index (χ4n) is 13.0. The average Bonchev–Trinajstić information content (AvgIpc) is 4.12. The number of urea groups is 2. The Morgan fingerprint density at radius 2 is 0.805 bits per heavy atom. The molecule has 8 atom stereocenters. The molecule has 14 rings (SSSR count). The number of carbonyl (C=O) groups excluding carboxylic acids is 2. The van der Waals surface area contributed by atoms with E-state index in [1.165, 1.54) is 10.0 Å². The fraction of sp³-hybridized carbons (Fsp3) is 0.429. The van der Waals surface area contributed by atoms with Crippen molar-refractivity contribution in [1.29, 1.82) is 0 Å². The molecule has 20 nitrogen and oxygen atoms in total. The van der Waals surface area contributed by atoms with Crippen LogP contribution in [0.15, 0.2) is 104 Å². The van der Waals surface area contributed by atoms with Crippen molar-refractivity contribution in [2.45, 2.75) is 99.7 Å². The zero-order chi connectivity index (χ0) is 51.6. The summed E-state index contributed by atoms with van der Waals surface area (Å²) in [5.41, 5.74) is 3.06. The van der Waals surface area contributed by atoms with Gasteiger partial charge in [-0.05, 0) is 124 Å². The minimum atomic E-state index is -0.630. The Morgan fingerprint density at radius 1 is 0.468 bits per heavy atom. The number of pyridine rings is 2. The number of fused-ring (bicyclic) bond motifs is 8. The first-order chi connectivity index (χ1) is 37.9. The van der Waals surface area contributed by atoms with E-state index in [4.69, 9.17) is 50.5 Å². The van der Waals surface area contributed by atoms with E-state index in [-0.39, 0.29) is 48.3 Å². The zero-order valence-electron chi connectivity index (χ0n) is 42.4. The highest BCUT2D eigenvalue weighted by atomic mass is 35.5. The SMILES string of the molecule is O=C(Nc1cccnc1)N(c1ccc(-c2nc(N3C4CCC3COC4)cc(N3C4CCC3COC4)n2)cc1)N(C(=O)Nc1cccnc1)c1ccc(-c2nc(N3C4CCC3COC4)c(Cl)c(N3C4CCC3COC4)n2)cc1. The van der Waals surface area contributed by atoms with Crippen molar-refractivity contribution >= 4 is 69.7 Å². The molecular weight excluding hydrogens is 1000 g/mol. The van der Waals surface area contributed by atoms with Crippen molar-refractivity contribution in [3.05, 3.63) is 109 Å². The highest BCUT2D eigenvalue weighted by Gasteiger charge is 2.45. The van der Waals surface area contributed by atoms with Gasteiger partial charge in [0.25, 0.3) is 0 Å². The number of amides is 4. The quantitative estimate of drug-likeness (QED) is 0.125. The number of benzene rings is 2. The summed E-state index contributed by atoms with van der Waals surface area (Å²) in [5.74, 6) is 4.22. The van der Waals surface area contributed by atoms with E-state index in [9.17, 15) is 0 Å². The molecule has 8 fully saturated rings. The van der Waals surface area contributed by atoms with E-state index in [2.05, 4.69) is 46.3 Å². The first kappa shape index (κ1) is 48.2. The maximum atomic E-state index is 15.1. The first-order valence-corrected chi connectivity index (χ1v) is 27.4. The molecule has 0 radical (unpaired) electrons. The second-order valence-corrected chi connectivity index (χ2v) is 21.7. The van der Waals surface area contributed by atoms with Crippen LogP contribution in [0.3, 0.4) is 0 Å². The lowest BCUT2D eigenvalue weighted by Gasteiger charge is -2.39. The molecule has 77 heavy (non-hydrogen) atoms. The van der Waals surface area contributed by atoms with E-state index >= 15 is 9.59 Å². The molecule has 2 aromatic carbocycles. The monoisotopic (exact) mass is 1060 g/mol. The molecule has 8 bridgehead atoms. The highest BCUT2D eigenvalue weighted by Crippen LogP contribution is 2.45. The number of ether oxygens (including phenoxy) is 4. The molecule has 4 amide bonds. The van der Waals surface area contributed by atoms with Crippen LogP contribution in [0.5, 0.6) is 0 Å². The van der Waals surface area contributed by atoms with Crippen LogP contribution in [0.2, 0.25) is 5.02 Å². The molecule has 8 aliphatic heterocycles. The van der Waals surface area contributed by atoms with Crippen molar-refractivity contribution in [2.24, 2.45) is 0 Å². The van der Waals surface area contributed by atoms with Gasteiger partial charge < -0.3 is 49.2 Å². The molecular formula is C56H59ClN14O6. The van der Waals surface area contributed by atoms with E-state index in [0.717, 1.165) is 68.6 Å². The third-order valence-corrected chi connectivity index (χ3v) is 17.0. The van der Waals surface area contributed by atoms with Crippen LogP contribution in [-0.4, -0.2) is 143 Å². The summed E-state index contributed by atoms with van der Waals surface area (Å²) in [6.07, 6.45) is 14.5. The van der Waals surface area contributed by atoms with Crippen molar-refractivity contribution in [1.82, 2.24) is 29.9 Å². The second-order valence-electron chi connectivity index (χ2n) is 21.3. The molecule has 2 N–H and O–H groups in total. The normalized spacial score (nSPS) is 26.0. The van der Waals surface area contributed by atoms with Gasteiger partial charge in [0.1, 0.15) is 16.7 Å². The summed E-state index contributed by atoms with van der Waals surface area (Å²) in [7, 11) is 0. The Balaban J connectivity index is 0.854. The van der Waals surface area contributed by atoms with E-state index in [1.807, 2.05) is 36.4 Å². The summed E-state index contributed by atoms with van der Waals surface area (Å²) in [4.78, 5) is 69.2. The van der Waals surface area contributed by atoms with Crippen molar-refractivity contribution in [3.63, 3.8) is 0 Å². The maximum Gasteiger partial charge on any atom is 0.345 e. The smallest absolute Gasteiger partial charge is 0.345 e. The summed E-state index contributed by atoms with van der Waals surface area (Å²) < 4.78 is 24.0. The number of hydrogen-bond donors (Lipinski definition) is 2. The van der Waals surface area contributed by atoms with E-state index in [1.54, 1.807) is 61.2 Å². The number of nitrogens with zero attached hydrogens (tertiary/aromatic N) is 12. The molecule has 0 spiro atoms.